The van der Waals surface area contributed by atoms with E-state index in [0.717, 1.165) is 55.5 Å². The predicted molar refractivity (Wildman–Crippen MR) is 317 cm³/mol. The molecule has 0 aliphatic carbocycles. The minimum absolute atomic E-state index is 0.0465. The fraction of sp³-hybridized carbons (Fsp3) is 0.492. The predicted octanol–water partition coefficient (Wildman–Crippen LogP) is 11.4. The average molecular weight is 1180 g/mol. The summed E-state index contributed by atoms with van der Waals surface area (Å²) in [6, 6.07) is 28.8. The van der Waals surface area contributed by atoms with Crippen molar-refractivity contribution in [1.29, 1.82) is 0 Å². The quantitative estimate of drug-likeness (QED) is 0.129. The summed E-state index contributed by atoms with van der Waals surface area (Å²) in [7, 11) is -8.49. The van der Waals surface area contributed by atoms with Gasteiger partial charge in [-0.15, -0.1) is 0 Å². The number of sulfonamides is 2. The molecule has 2 aromatic carbocycles. The lowest BCUT2D eigenvalue weighted by atomic mass is 9.90. The van der Waals surface area contributed by atoms with Gasteiger partial charge in [0, 0.05) is 58.8 Å². The number of amides is 3. The van der Waals surface area contributed by atoms with E-state index in [1.54, 1.807) is 38.8 Å². The minimum atomic E-state index is -4.31. The van der Waals surface area contributed by atoms with Crippen LogP contribution in [0.2, 0.25) is 5.15 Å². The van der Waals surface area contributed by atoms with Gasteiger partial charge >= 0.3 is 6.09 Å². The SMILES string of the molecule is CC(C)(C)OC(=O)N1C[C@@H](CCC(c2ccccc2)n2ccc(S(=O)(=O)NC(=O)c3ccc(C(C)(C)C)nc3Cl)n2)CC1(C)C.CC(C)(C)c1ccc2c(n1)N1C[C@@H](CCC(c3ccccc3)n3ccc(n3)S(=O)(=O)NC2=O)CC1(C)C. The van der Waals surface area contributed by atoms with Crippen LogP contribution in [0, 0.1) is 11.8 Å². The van der Waals surface area contributed by atoms with Crippen molar-refractivity contribution in [3.8, 4) is 0 Å². The number of nitrogens with one attached hydrogen (secondary N) is 2. The number of nitrogens with zero attached hydrogens (tertiary/aromatic N) is 8. The smallest absolute Gasteiger partial charge is 0.410 e. The van der Waals surface area contributed by atoms with Crippen molar-refractivity contribution in [2.45, 2.75) is 178 Å². The number of carbonyl (C=O) groups excluding carboxylic acids is 3. The van der Waals surface area contributed by atoms with E-state index in [-0.39, 0.29) is 72.3 Å². The standard InChI is InChI=1S/C33H44ClN5O5S.C28H35N5O3S/c1-31(2,3)26-17-15-24(28(34)35-26)29(40)37-45(42,43)27-18-19-39(36-27)25(23-12-10-9-11-13-23)16-14-22-20-33(7,8)38(21-22)30(41)44-32(4,5)6;1-27(2,3)23-14-12-21-25(29-23)32-18-19(17-28(32,4)5)11-13-22(20-9-7-6-8-10-20)33-16-15-24(30-33)37(35,36)31-26(21)34/h9-13,15,17-19,22,25H,14,16,20-21H2,1-8H3,(H,37,40);6-10,12,14-16,19,22H,11,13,17-18H2,1-5H3,(H,31,34)/t22-,25?;19-,22?/m00/s1. The lowest BCUT2D eigenvalue weighted by Crippen LogP contribution is -2.45. The molecule has 4 atom stereocenters. The van der Waals surface area contributed by atoms with Crippen LogP contribution in [0.4, 0.5) is 10.6 Å². The van der Waals surface area contributed by atoms with Gasteiger partial charge in [-0.2, -0.15) is 27.0 Å². The number of benzene rings is 2. The Bertz CT molecular complexity index is 3530. The molecule has 2 saturated heterocycles. The fourth-order valence-corrected chi connectivity index (χ4v) is 13.3. The number of hydrogen-bond acceptors (Lipinski definition) is 13. The van der Waals surface area contributed by atoms with Gasteiger partial charge in [-0.1, -0.05) is 114 Å². The Morgan fingerprint density at radius 1 is 0.780 bits per heavy atom. The zero-order valence-electron chi connectivity index (χ0n) is 49.4. The van der Waals surface area contributed by atoms with E-state index >= 15 is 0 Å². The van der Waals surface area contributed by atoms with Gasteiger partial charge in [-0.25, -0.2) is 24.2 Å². The normalized spacial score (nSPS) is 20.1. The van der Waals surface area contributed by atoms with Gasteiger partial charge in [-0.05, 0) is 146 Å². The maximum absolute atomic E-state index is 13.4. The van der Waals surface area contributed by atoms with Crippen molar-refractivity contribution < 1.29 is 36.0 Å². The molecule has 82 heavy (non-hydrogen) atoms. The topological polar surface area (TPSA) is 221 Å². The molecule has 6 aromatic rings. The third-order valence-corrected chi connectivity index (χ3v) is 18.1. The van der Waals surface area contributed by atoms with Crippen molar-refractivity contribution in [3.63, 3.8) is 0 Å². The highest BCUT2D eigenvalue weighted by Gasteiger charge is 2.44. The molecule has 3 aliphatic heterocycles. The molecule has 2 fully saturated rings. The molecule has 9 rings (SSSR count). The van der Waals surface area contributed by atoms with Crippen molar-refractivity contribution in [2.24, 2.45) is 11.8 Å². The Balaban J connectivity index is 0.000000218. The Kier molecular flexibility index (Phi) is 17.4. The first-order valence-corrected chi connectivity index (χ1v) is 31.3. The molecule has 440 valence electrons. The fourth-order valence-electron chi connectivity index (χ4n) is 11.2. The summed E-state index contributed by atoms with van der Waals surface area (Å²) in [6.45, 7) is 27.4. The number of pyridine rings is 2. The lowest BCUT2D eigenvalue weighted by Gasteiger charge is -2.34. The van der Waals surface area contributed by atoms with E-state index in [2.05, 4.69) is 64.1 Å². The summed E-state index contributed by atoms with van der Waals surface area (Å²) in [5.74, 6) is -0.442. The first kappa shape index (κ1) is 61.4. The van der Waals surface area contributed by atoms with E-state index in [4.69, 9.17) is 21.3 Å². The number of anilines is 1. The monoisotopic (exact) mass is 1180 g/mol. The Morgan fingerprint density at radius 2 is 1.41 bits per heavy atom. The van der Waals surface area contributed by atoms with Gasteiger partial charge in [0.25, 0.3) is 31.9 Å². The van der Waals surface area contributed by atoms with Crippen molar-refractivity contribution in [1.82, 2.24) is 43.9 Å². The first-order chi connectivity index (χ1) is 38.1. The zero-order chi connectivity index (χ0) is 60.0. The summed E-state index contributed by atoms with van der Waals surface area (Å²) < 4.78 is 66.3. The summed E-state index contributed by atoms with van der Waals surface area (Å²) in [4.78, 5) is 52.6. The summed E-state index contributed by atoms with van der Waals surface area (Å²) >= 11 is 6.26. The molecule has 2 unspecified atom stereocenters. The van der Waals surface area contributed by atoms with Gasteiger partial charge in [-0.3, -0.25) is 19.0 Å². The van der Waals surface area contributed by atoms with Crippen molar-refractivity contribution in [3.05, 3.63) is 148 Å². The molecular weight excluding hydrogens is 1100 g/mol. The van der Waals surface area contributed by atoms with Crippen LogP contribution < -0.4 is 14.3 Å². The van der Waals surface area contributed by atoms with Gasteiger partial charge < -0.3 is 14.5 Å². The first-order valence-electron chi connectivity index (χ1n) is 27.9. The van der Waals surface area contributed by atoms with E-state index in [0.29, 0.717) is 30.4 Å². The van der Waals surface area contributed by atoms with Crippen LogP contribution in [0.5, 0.6) is 0 Å². The summed E-state index contributed by atoms with van der Waals surface area (Å²) in [5, 5.41) is 8.29. The number of hydrogen-bond donors (Lipinski definition) is 2. The van der Waals surface area contributed by atoms with E-state index in [9.17, 15) is 31.2 Å². The highest BCUT2D eigenvalue weighted by molar-refractivity contribution is 7.90. The second kappa shape index (κ2) is 23.2. The lowest BCUT2D eigenvalue weighted by molar-refractivity contribution is 0.0130. The molecule has 0 spiro atoms. The van der Waals surface area contributed by atoms with Gasteiger partial charge in [0.05, 0.1) is 23.2 Å². The highest BCUT2D eigenvalue weighted by atomic mass is 35.5. The Labute approximate surface area is 488 Å². The van der Waals surface area contributed by atoms with Crippen LogP contribution in [-0.4, -0.2) is 98.9 Å². The number of fused-ring (bicyclic) bond motifs is 6. The van der Waals surface area contributed by atoms with E-state index < -0.39 is 37.5 Å². The Morgan fingerprint density at radius 3 is 2.05 bits per heavy atom. The van der Waals surface area contributed by atoms with Crippen LogP contribution in [0.25, 0.3) is 0 Å². The van der Waals surface area contributed by atoms with Crippen LogP contribution in [-0.2, 0) is 35.6 Å². The second-order valence-electron chi connectivity index (χ2n) is 26.2. The molecule has 0 radical (unpaired) electrons. The van der Waals surface area contributed by atoms with Crippen molar-refractivity contribution in [2.75, 3.05) is 18.0 Å². The number of likely N-dealkylation sites (tertiary alicyclic amines) is 1. The molecule has 3 amide bonds. The number of aromatic nitrogens is 6. The molecule has 21 heteroatoms. The molecular formula is C61H79ClN10O8S2. The molecule has 7 heterocycles. The number of ether oxygens (including phenoxy) is 1. The zero-order valence-corrected chi connectivity index (χ0v) is 51.8. The van der Waals surface area contributed by atoms with Crippen LogP contribution in [0.3, 0.4) is 0 Å². The molecule has 3 aliphatic rings. The van der Waals surface area contributed by atoms with E-state index in [1.807, 2.05) is 122 Å². The van der Waals surface area contributed by atoms with Gasteiger partial charge in [0.2, 0.25) is 0 Å². The molecule has 4 bridgehead atoms. The molecule has 0 saturated carbocycles. The highest BCUT2D eigenvalue weighted by Crippen LogP contribution is 2.42. The number of halogens is 1. The molecule has 18 nitrogen and oxygen atoms in total. The third kappa shape index (κ3) is 14.2. The third-order valence-electron chi connectivity index (χ3n) is 15.4. The van der Waals surface area contributed by atoms with E-state index in [1.165, 1.54) is 18.2 Å². The molecule has 4 aromatic heterocycles. The van der Waals surface area contributed by atoms with Crippen LogP contribution in [0.1, 0.15) is 184 Å². The molecule has 2 N–H and O–H groups in total. The largest absolute Gasteiger partial charge is 0.444 e. The minimum Gasteiger partial charge on any atom is -0.444 e. The second-order valence-corrected chi connectivity index (χ2v) is 29.8. The van der Waals surface area contributed by atoms with Crippen molar-refractivity contribution >= 4 is 55.4 Å². The maximum Gasteiger partial charge on any atom is 0.410 e. The summed E-state index contributed by atoms with van der Waals surface area (Å²) in [5.41, 5.74) is 2.07. The van der Waals surface area contributed by atoms with Gasteiger partial charge in [0.1, 0.15) is 16.6 Å². The Hall–Kier alpha value is -6.64. The number of rotatable bonds is 9. The van der Waals surface area contributed by atoms with Crippen LogP contribution in [0.15, 0.2) is 120 Å². The average Bonchev–Trinajstić information content (AvgIpc) is 3.31. The number of carbonyl (C=O) groups is 3. The maximum atomic E-state index is 13.4. The van der Waals surface area contributed by atoms with Crippen LogP contribution >= 0.6 is 11.6 Å². The summed E-state index contributed by atoms with van der Waals surface area (Å²) in [6.07, 6.45) is 7.91. The van der Waals surface area contributed by atoms with Gasteiger partial charge in [0.15, 0.2) is 10.1 Å².